The van der Waals surface area contributed by atoms with Gasteiger partial charge in [0.2, 0.25) is 0 Å². The Hall–Kier alpha value is -0.470. The van der Waals surface area contributed by atoms with Gasteiger partial charge in [-0.1, -0.05) is 29.8 Å². The molecule has 1 fully saturated rings. The molecule has 72 valence electrons. The Labute approximate surface area is 85.8 Å². The van der Waals surface area contributed by atoms with Crippen molar-refractivity contribution in [2.24, 2.45) is 5.73 Å². The van der Waals surface area contributed by atoms with Crippen molar-refractivity contribution in [2.45, 2.75) is 31.6 Å². The van der Waals surface area contributed by atoms with Crippen LogP contribution < -0.4 is 5.73 Å². The molecule has 1 aromatic rings. The summed E-state index contributed by atoms with van der Waals surface area (Å²) in [5.74, 6) is 0.835. The quantitative estimate of drug-likeness (QED) is 0.662. The first kappa shape index (κ1) is 10.6. The van der Waals surface area contributed by atoms with Gasteiger partial charge in [-0.05, 0) is 25.3 Å². The van der Waals surface area contributed by atoms with Crippen LogP contribution in [0.15, 0.2) is 24.3 Å². The van der Waals surface area contributed by atoms with E-state index in [-0.39, 0.29) is 0 Å². The average Bonchev–Trinajstić information content (AvgIpc) is 2.89. The van der Waals surface area contributed by atoms with E-state index in [0.29, 0.717) is 6.04 Å². The lowest BCUT2D eigenvalue weighted by Gasteiger charge is -1.94. The van der Waals surface area contributed by atoms with Crippen molar-refractivity contribution in [3.8, 4) is 0 Å². The first-order valence-corrected chi connectivity index (χ1v) is 5.27. The van der Waals surface area contributed by atoms with Gasteiger partial charge in [0.1, 0.15) is 0 Å². The molecule has 1 aromatic carbocycles. The minimum Gasteiger partial charge on any atom is -0.328 e. The average molecular weight is 195 g/mol. The Bertz CT molecular complexity index is 256. The standard InChI is InChI=1S/C8H10S.C3H7N/c1-7-3-2-4-8(5-7)6-9;4-3-1-2-3/h2-5,9H,6H2,1H3;3H,1-2,4H2. The Morgan fingerprint density at radius 3 is 2.38 bits per heavy atom. The maximum absolute atomic E-state index is 5.22. The van der Waals surface area contributed by atoms with Gasteiger partial charge in [-0.25, -0.2) is 0 Å². The fraction of sp³-hybridized carbons (Fsp3) is 0.455. The van der Waals surface area contributed by atoms with Crippen molar-refractivity contribution in [1.29, 1.82) is 0 Å². The summed E-state index contributed by atoms with van der Waals surface area (Å²) in [5.41, 5.74) is 7.82. The topological polar surface area (TPSA) is 26.0 Å². The van der Waals surface area contributed by atoms with Gasteiger partial charge in [-0.3, -0.25) is 0 Å². The summed E-state index contributed by atoms with van der Waals surface area (Å²) < 4.78 is 0. The molecule has 0 atom stereocenters. The van der Waals surface area contributed by atoms with Gasteiger partial charge in [0.25, 0.3) is 0 Å². The minimum atomic E-state index is 0.583. The monoisotopic (exact) mass is 195 g/mol. The van der Waals surface area contributed by atoms with E-state index < -0.39 is 0 Å². The van der Waals surface area contributed by atoms with Crippen molar-refractivity contribution >= 4 is 12.6 Å². The number of hydrogen-bond acceptors (Lipinski definition) is 2. The summed E-state index contributed by atoms with van der Waals surface area (Å²) in [5, 5.41) is 0. The maximum Gasteiger partial charge on any atom is 0.0154 e. The van der Waals surface area contributed by atoms with Crippen LogP contribution in [0.4, 0.5) is 0 Å². The zero-order chi connectivity index (χ0) is 9.68. The molecule has 0 heterocycles. The Balaban J connectivity index is 0.000000175. The third kappa shape index (κ3) is 4.96. The van der Waals surface area contributed by atoms with Crippen LogP contribution in [0, 0.1) is 6.92 Å². The largest absolute Gasteiger partial charge is 0.328 e. The zero-order valence-corrected chi connectivity index (χ0v) is 8.93. The molecule has 13 heavy (non-hydrogen) atoms. The van der Waals surface area contributed by atoms with Gasteiger partial charge >= 0.3 is 0 Å². The molecule has 0 radical (unpaired) electrons. The van der Waals surface area contributed by atoms with Gasteiger partial charge in [-0.2, -0.15) is 12.6 Å². The number of hydrogen-bond donors (Lipinski definition) is 2. The summed E-state index contributed by atoms with van der Waals surface area (Å²) >= 11 is 4.16. The SMILES string of the molecule is Cc1cccc(CS)c1.NC1CC1. The lowest BCUT2D eigenvalue weighted by molar-refractivity contribution is 1.07. The van der Waals surface area contributed by atoms with Gasteiger partial charge in [0, 0.05) is 11.8 Å². The highest BCUT2D eigenvalue weighted by molar-refractivity contribution is 7.79. The third-order valence-electron chi connectivity index (χ3n) is 1.89. The van der Waals surface area contributed by atoms with E-state index in [4.69, 9.17) is 5.73 Å². The van der Waals surface area contributed by atoms with E-state index in [1.54, 1.807) is 0 Å². The molecular formula is C11H17NS. The molecule has 1 aliphatic carbocycles. The van der Waals surface area contributed by atoms with Crippen molar-refractivity contribution in [3.05, 3.63) is 35.4 Å². The highest BCUT2D eigenvalue weighted by Gasteiger charge is 2.13. The zero-order valence-electron chi connectivity index (χ0n) is 8.03. The fourth-order valence-electron chi connectivity index (χ4n) is 0.907. The smallest absolute Gasteiger partial charge is 0.0154 e. The summed E-state index contributed by atoms with van der Waals surface area (Å²) in [6, 6.07) is 8.96. The summed E-state index contributed by atoms with van der Waals surface area (Å²) in [7, 11) is 0. The number of thiol groups is 1. The summed E-state index contributed by atoms with van der Waals surface area (Å²) in [6.45, 7) is 2.09. The highest BCUT2D eigenvalue weighted by Crippen LogP contribution is 2.13. The normalized spacial score (nSPS) is 14.7. The molecule has 0 aliphatic heterocycles. The number of rotatable bonds is 1. The number of nitrogens with two attached hydrogens (primary N) is 1. The van der Waals surface area contributed by atoms with Crippen molar-refractivity contribution in [3.63, 3.8) is 0 Å². The molecule has 2 heteroatoms. The van der Waals surface area contributed by atoms with Crippen molar-refractivity contribution in [2.75, 3.05) is 0 Å². The van der Waals surface area contributed by atoms with E-state index in [0.717, 1.165) is 5.75 Å². The maximum atomic E-state index is 5.22. The molecule has 0 saturated heterocycles. The highest BCUT2D eigenvalue weighted by atomic mass is 32.1. The molecular weight excluding hydrogens is 178 g/mol. The molecule has 0 bridgehead atoms. The van der Waals surface area contributed by atoms with E-state index in [1.807, 2.05) is 0 Å². The summed E-state index contributed by atoms with van der Waals surface area (Å²) in [6.07, 6.45) is 2.53. The van der Waals surface area contributed by atoms with Crippen LogP contribution in [0.3, 0.4) is 0 Å². The Kier molecular flexibility index (Phi) is 4.33. The minimum absolute atomic E-state index is 0.583. The Morgan fingerprint density at radius 1 is 1.46 bits per heavy atom. The van der Waals surface area contributed by atoms with Crippen molar-refractivity contribution in [1.82, 2.24) is 0 Å². The lowest BCUT2D eigenvalue weighted by atomic mass is 10.2. The molecule has 1 saturated carbocycles. The van der Waals surface area contributed by atoms with E-state index in [9.17, 15) is 0 Å². The second-order valence-corrected chi connectivity index (χ2v) is 3.80. The predicted molar refractivity (Wildman–Crippen MR) is 61.1 cm³/mol. The lowest BCUT2D eigenvalue weighted by Crippen LogP contribution is -1.94. The number of aryl methyl sites for hydroxylation is 1. The molecule has 0 amide bonds. The molecule has 0 spiro atoms. The van der Waals surface area contributed by atoms with Gasteiger partial charge in [0.05, 0.1) is 0 Å². The van der Waals surface area contributed by atoms with Gasteiger partial charge in [-0.15, -0.1) is 0 Å². The molecule has 2 rings (SSSR count). The van der Waals surface area contributed by atoms with Crippen molar-refractivity contribution < 1.29 is 0 Å². The molecule has 1 aliphatic rings. The second-order valence-electron chi connectivity index (χ2n) is 3.48. The van der Waals surface area contributed by atoms with Crippen LogP contribution in [0.25, 0.3) is 0 Å². The molecule has 0 unspecified atom stereocenters. The van der Waals surface area contributed by atoms with Gasteiger partial charge < -0.3 is 5.73 Å². The molecule has 1 nitrogen and oxygen atoms in total. The van der Waals surface area contributed by atoms with Crippen LogP contribution in [0.2, 0.25) is 0 Å². The van der Waals surface area contributed by atoms with E-state index in [2.05, 4.69) is 43.8 Å². The van der Waals surface area contributed by atoms with E-state index >= 15 is 0 Å². The predicted octanol–water partition coefficient (Wildman–Crippen LogP) is 2.53. The molecule has 2 N–H and O–H groups in total. The first-order valence-electron chi connectivity index (χ1n) is 4.64. The van der Waals surface area contributed by atoms with Crippen LogP contribution >= 0.6 is 12.6 Å². The van der Waals surface area contributed by atoms with Crippen LogP contribution in [0.5, 0.6) is 0 Å². The fourth-order valence-corrected chi connectivity index (χ4v) is 1.10. The van der Waals surface area contributed by atoms with Crippen LogP contribution in [-0.2, 0) is 5.75 Å². The van der Waals surface area contributed by atoms with Gasteiger partial charge in [0.15, 0.2) is 0 Å². The van der Waals surface area contributed by atoms with E-state index in [1.165, 1.54) is 24.0 Å². The number of benzene rings is 1. The van der Waals surface area contributed by atoms with Crippen LogP contribution in [-0.4, -0.2) is 6.04 Å². The first-order chi connectivity index (χ1) is 6.22. The van der Waals surface area contributed by atoms with Crippen LogP contribution in [0.1, 0.15) is 24.0 Å². The Morgan fingerprint density at radius 2 is 2.08 bits per heavy atom. The third-order valence-corrected chi connectivity index (χ3v) is 2.25. The second kappa shape index (κ2) is 5.30. The summed E-state index contributed by atoms with van der Waals surface area (Å²) in [4.78, 5) is 0. The molecule has 0 aromatic heterocycles.